The van der Waals surface area contributed by atoms with Crippen LogP contribution in [-0.4, -0.2) is 31.7 Å². The Morgan fingerprint density at radius 3 is 2.71 bits per heavy atom. The van der Waals surface area contributed by atoms with E-state index < -0.39 is 5.97 Å². The molecule has 0 aliphatic rings. The monoisotopic (exact) mass is 308 g/mol. The van der Waals surface area contributed by atoms with Crippen molar-refractivity contribution in [3.05, 3.63) is 28.5 Å². The first-order chi connectivity index (χ1) is 9.75. The zero-order valence-corrected chi connectivity index (χ0v) is 12.8. The summed E-state index contributed by atoms with van der Waals surface area (Å²) in [6.07, 6.45) is 2.86. The highest BCUT2D eigenvalue weighted by Gasteiger charge is 2.20. The average molecular weight is 308 g/mol. The van der Waals surface area contributed by atoms with Gasteiger partial charge in [-0.15, -0.1) is 11.3 Å². The molecule has 2 aromatic heterocycles. The van der Waals surface area contributed by atoms with Gasteiger partial charge in [0.05, 0.1) is 16.9 Å². The smallest absolute Gasteiger partial charge is 0.325 e. The number of hydrogen-bond donors (Lipinski definition) is 2. The van der Waals surface area contributed by atoms with Crippen molar-refractivity contribution in [3.8, 4) is 0 Å². The highest BCUT2D eigenvalue weighted by molar-refractivity contribution is 7.10. The number of nitrogens with one attached hydrogen (secondary N) is 1. The summed E-state index contributed by atoms with van der Waals surface area (Å²) in [4.78, 5) is 26.9. The normalized spacial score (nSPS) is 11.4. The first-order valence-electron chi connectivity index (χ1n) is 6.27. The predicted molar refractivity (Wildman–Crippen MR) is 78.6 cm³/mol. The third kappa shape index (κ3) is 3.88. The van der Waals surface area contributed by atoms with Gasteiger partial charge in [0.2, 0.25) is 0 Å². The maximum Gasteiger partial charge on any atom is 0.325 e. The molecule has 7 nitrogen and oxygen atoms in total. The Kier molecular flexibility index (Phi) is 4.08. The molecule has 0 spiro atoms. The first kappa shape index (κ1) is 15.2. The van der Waals surface area contributed by atoms with Crippen molar-refractivity contribution >= 4 is 28.9 Å². The number of amides is 1. The van der Waals surface area contributed by atoms with Crippen LogP contribution in [0.3, 0.4) is 0 Å². The van der Waals surface area contributed by atoms with Crippen LogP contribution in [0.2, 0.25) is 0 Å². The molecule has 0 radical (unpaired) electrons. The van der Waals surface area contributed by atoms with Gasteiger partial charge in [0.1, 0.15) is 12.2 Å². The quantitative estimate of drug-likeness (QED) is 0.900. The van der Waals surface area contributed by atoms with Gasteiger partial charge < -0.3 is 10.4 Å². The number of thiazole rings is 1. The minimum Gasteiger partial charge on any atom is -0.480 e. The number of anilines is 1. The molecule has 0 saturated carbocycles. The number of hydrogen-bond acceptors (Lipinski definition) is 5. The molecule has 8 heteroatoms. The van der Waals surface area contributed by atoms with E-state index in [0.29, 0.717) is 11.4 Å². The van der Waals surface area contributed by atoms with Crippen molar-refractivity contribution in [1.29, 1.82) is 0 Å². The van der Waals surface area contributed by atoms with E-state index in [1.54, 1.807) is 5.38 Å². The molecule has 112 valence electrons. The lowest BCUT2D eigenvalue weighted by atomic mass is 9.98. The number of carbonyl (C=O) groups excluding carboxylic acids is 1. The standard InChI is InChI=1S/C13H16N4O3S/c1-13(2,3)12-16-9(7-21-12)11(20)15-8-4-14-17(5-8)6-10(18)19/h4-5,7H,6H2,1-3H3,(H,15,20)(H,18,19). The molecule has 21 heavy (non-hydrogen) atoms. The molecule has 2 aromatic rings. The van der Waals surface area contributed by atoms with Crippen molar-refractivity contribution in [2.75, 3.05) is 5.32 Å². The van der Waals surface area contributed by atoms with Crippen LogP contribution in [0, 0.1) is 0 Å². The second kappa shape index (κ2) is 5.65. The molecule has 0 saturated heterocycles. The van der Waals surface area contributed by atoms with Crippen molar-refractivity contribution in [2.24, 2.45) is 0 Å². The molecule has 2 rings (SSSR count). The number of rotatable bonds is 4. The van der Waals surface area contributed by atoms with Crippen LogP contribution in [0.5, 0.6) is 0 Å². The number of aromatic nitrogens is 3. The molecule has 0 fully saturated rings. The second-order valence-electron chi connectivity index (χ2n) is 5.56. The molecule has 0 bridgehead atoms. The minimum atomic E-state index is -0.995. The van der Waals surface area contributed by atoms with Gasteiger partial charge in [-0.05, 0) is 0 Å². The fourth-order valence-corrected chi connectivity index (χ4v) is 2.46. The summed E-state index contributed by atoms with van der Waals surface area (Å²) < 4.78 is 1.24. The first-order valence-corrected chi connectivity index (χ1v) is 7.15. The molecule has 0 unspecified atom stereocenters. The largest absolute Gasteiger partial charge is 0.480 e. The van der Waals surface area contributed by atoms with E-state index in [-0.39, 0.29) is 17.9 Å². The molecule has 2 heterocycles. The Bertz CT molecular complexity index is 669. The molecular formula is C13H16N4O3S. The Morgan fingerprint density at radius 2 is 2.14 bits per heavy atom. The number of aliphatic carboxylic acids is 1. The van der Waals surface area contributed by atoms with Crippen LogP contribution in [0.15, 0.2) is 17.8 Å². The van der Waals surface area contributed by atoms with Crippen molar-refractivity contribution in [3.63, 3.8) is 0 Å². The van der Waals surface area contributed by atoms with Gasteiger partial charge >= 0.3 is 5.97 Å². The zero-order valence-electron chi connectivity index (χ0n) is 12.0. The summed E-state index contributed by atoms with van der Waals surface area (Å²) in [5.41, 5.74) is 0.678. The SMILES string of the molecule is CC(C)(C)c1nc(C(=O)Nc2cnn(CC(=O)O)c2)cs1. The predicted octanol–water partition coefficient (Wildman–Crippen LogP) is 1.97. The summed E-state index contributed by atoms with van der Waals surface area (Å²) >= 11 is 1.44. The molecule has 2 N–H and O–H groups in total. The van der Waals surface area contributed by atoms with Crippen LogP contribution >= 0.6 is 11.3 Å². The van der Waals surface area contributed by atoms with E-state index in [1.165, 1.54) is 28.4 Å². The average Bonchev–Trinajstić information content (AvgIpc) is 2.96. The van der Waals surface area contributed by atoms with Crippen molar-refractivity contribution in [2.45, 2.75) is 32.7 Å². The lowest BCUT2D eigenvalue weighted by Crippen LogP contribution is -2.15. The third-order valence-corrected chi connectivity index (χ3v) is 3.83. The Hall–Kier alpha value is -2.22. The van der Waals surface area contributed by atoms with E-state index in [9.17, 15) is 9.59 Å². The highest BCUT2D eigenvalue weighted by Crippen LogP contribution is 2.25. The Morgan fingerprint density at radius 1 is 1.43 bits per heavy atom. The van der Waals surface area contributed by atoms with E-state index in [4.69, 9.17) is 5.11 Å². The van der Waals surface area contributed by atoms with Gasteiger partial charge in [-0.1, -0.05) is 20.8 Å². The summed E-state index contributed by atoms with van der Waals surface area (Å²) in [7, 11) is 0. The summed E-state index contributed by atoms with van der Waals surface area (Å²) in [6, 6.07) is 0. The Labute approximate surface area is 125 Å². The van der Waals surface area contributed by atoms with Crippen LogP contribution < -0.4 is 5.32 Å². The lowest BCUT2D eigenvalue weighted by molar-refractivity contribution is -0.137. The van der Waals surface area contributed by atoms with Gasteiger partial charge in [0.25, 0.3) is 5.91 Å². The number of nitrogens with zero attached hydrogens (tertiary/aromatic N) is 3. The molecule has 0 atom stereocenters. The Balaban J connectivity index is 2.06. The molecular weight excluding hydrogens is 292 g/mol. The van der Waals surface area contributed by atoms with E-state index in [0.717, 1.165) is 5.01 Å². The maximum absolute atomic E-state index is 12.1. The van der Waals surface area contributed by atoms with Crippen LogP contribution in [-0.2, 0) is 16.8 Å². The van der Waals surface area contributed by atoms with Crippen LogP contribution in [0.25, 0.3) is 0 Å². The highest BCUT2D eigenvalue weighted by atomic mass is 32.1. The number of carboxylic acids is 1. The molecule has 0 aromatic carbocycles. The van der Waals surface area contributed by atoms with Gasteiger partial charge in [-0.3, -0.25) is 14.3 Å². The van der Waals surface area contributed by atoms with Crippen molar-refractivity contribution < 1.29 is 14.7 Å². The fraction of sp³-hybridized carbons (Fsp3) is 0.385. The summed E-state index contributed by atoms with van der Waals surface area (Å²) in [5, 5.41) is 17.7. The minimum absolute atomic E-state index is 0.102. The molecule has 1 amide bonds. The van der Waals surface area contributed by atoms with E-state index >= 15 is 0 Å². The number of carboxylic acid groups (broad SMARTS) is 1. The molecule has 0 aliphatic heterocycles. The van der Waals surface area contributed by atoms with Gasteiger partial charge in [-0.2, -0.15) is 5.10 Å². The van der Waals surface area contributed by atoms with Crippen molar-refractivity contribution in [1.82, 2.24) is 14.8 Å². The third-order valence-electron chi connectivity index (χ3n) is 2.57. The summed E-state index contributed by atoms with van der Waals surface area (Å²) in [6.45, 7) is 5.84. The second-order valence-corrected chi connectivity index (χ2v) is 6.42. The van der Waals surface area contributed by atoms with E-state index in [2.05, 4.69) is 15.4 Å². The van der Waals surface area contributed by atoms with E-state index in [1.807, 2.05) is 20.8 Å². The zero-order chi connectivity index (χ0) is 15.6. The maximum atomic E-state index is 12.1. The van der Waals surface area contributed by atoms with Gasteiger partial charge in [0.15, 0.2) is 0 Å². The van der Waals surface area contributed by atoms with Crippen LogP contribution in [0.1, 0.15) is 36.3 Å². The van der Waals surface area contributed by atoms with Gasteiger partial charge in [0, 0.05) is 17.0 Å². The number of carbonyl (C=O) groups is 2. The lowest BCUT2D eigenvalue weighted by Gasteiger charge is -2.13. The van der Waals surface area contributed by atoms with Crippen LogP contribution in [0.4, 0.5) is 5.69 Å². The topological polar surface area (TPSA) is 97.1 Å². The van der Waals surface area contributed by atoms with Gasteiger partial charge in [-0.25, -0.2) is 4.98 Å². The summed E-state index contributed by atoms with van der Waals surface area (Å²) in [5.74, 6) is -1.33. The molecule has 0 aliphatic carbocycles. The fourth-order valence-electron chi connectivity index (χ4n) is 1.57.